The van der Waals surface area contributed by atoms with E-state index in [0.29, 0.717) is 11.5 Å². The summed E-state index contributed by atoms with van der Waals surface area (Å²) in [5.41, 5.74) is 0.393. The molecule has 0 aromatic heterocycles. The molecule has 0 aromatic rings. The number of rotatable bonds is 3. The van der Waals surface area contributed by atoms with E-state index in [2.05, 4.69) is 37.7 Å². The normalized spacial score (nSPS) is 37.3. The van der Waals surface area contributed by atoms with E-state index in [0.717, 1.165) is 31.7 Å². The zero-order valence-electron chi connectivity index (χ0n) is 12.5. The SMILES string of the molecule is CN1CCC(CN(C)C2CC(C)(C)CCC2O)C1. The second-order valence-corrected chi connectivity index (χ2v) is 7.40. The van der Waals surface area contributed by atoms with Crippen molar-refractivity contribution in [3.63, 3.8) is 0 Å². The fourth-order valence-corrected chi connectivity index (χ4v) is 3.70. The summed E-state index contributed by atoms with van der Waals surface area (Å²) < 4.78 is 0. The van der Waals surface area contributed by atoms with Crippen LogP contribution in [0.15, 0.2) is 0 Å². The molecule has 3 unspecified atom stereocenters. The van der Waals surface area contributed by atoms with Crippen LogP contribution in [0.1, 0.15) is 39.5 Å². The van der Waals surface area contributed by atoms with Crippen LogP contribution in [0.4, 0.5) is 0 Å². The van der Waals surface area contributed by atoms with Crippen LogP contribution in [0.5, 0.6) is 0 Å². The van der Waals surface area contributed by atoms with Gasteiger partial charge in [-0.05, 0) is 57.7 Å². The Morgan fingerprint density at radius 3 is 2.67 bits per heavy atom. The Morgan fingerprint density at radius 1 is 1.33 bits per heavy atom. The highest BCUT2D eigenvalue weighted by Crippen LogP contribution is 2.37. The van der Waals surface area contributed by atoms with E-state index in [4.69, 9.17) is 0 Å². The van der Waals surface area contributed by atoms with Crippen LogP contribution in [0.2, 0.25) is 0 Å². The Labute approximate surface area is 112 Å². The van der Waals surface area contributed by atoms with Gasteiger partial charge >= 0.3 is 0 Å². The van der Waals surface area contributed by atoms with Gasteiger partial charge < -0.3 is 14.9 Å². The molecule has 0 aromatic carbocycles. The molecule has 1 aliphatic heterocycles. The highest BCUT2D eigenvalue weighted by Gasteiger charge is 2.36. The van der Waals surface area contributed by atoms with Crippen molar-refractivity contribution in [3.8, 4) is 0 Å². The average Bonchev–Trinajstić information content (AvgIpc) is 2.67. The molecule has 3 heteroatoms. The topological polar surface area (TPSA) is 26.7 Å². The number of aliphatic hydroxyl groups is 1. The number of hydrogen-bond acceptors (Lipinski definition) is 3. The van der Waals surface area contributed by atoms with Gasteiger partial charge in [0.05, 0.1) is 6.10 Å². The predicted molar refractivity (Wildman–Crippen MR) is 75.7 cm³/mol. The van der Waals surface area contributed by atoms with Gasteiger partial charge in [0, 0.05) is 19.1 Å². The minimum atomic E-state index is -0.123. The Bertz CT molecular complexity index is 280. The zero-order valence-corrected chi connectivity index (χ0v) is 12.5. The van der Waals surface area contributed by atoms with Crippen molar-refractivity contribution in [1.82, 2.24) is 9.80 Å². The zero-order chi connectivity index (χ0) is 13.3. The second-order valence-electron chi connectivity index (χ2n) is 7.40. The third-order valence-corrected chi connectivity index (χ3v) is 4.92. The molecule has 0 spiro atoms. The molecule has 1 saturated carbocycles. The molecular formula is C15H30N2O. The fraction of sp³-hybridized carbons (Fsp3) is 1.00. The van der Waals surface area contributed by atoms with E-state index in [1.54, 1.807) is 0 Å². The van der Waals surface area contributed by atoms with Crippen molar-refractivity contribution < 1.29 is 5.11 Å². The first kappa shape index (κ1) is 14.3. The van der Waals surface area contributed by atoms with Crippen LogP contribution >= 0.6 is 0 Å². The molecule has 2 aliphatic rings. The monoisotopic (exact) mass is 254 g/mol. The van der Waals surface area contributed by atoms with Crippen LogP contribution in [0, 0.1) is 11.3 Å². The lowest BCUT2D eigenvalue weighted by atomic mass is 9.73. The Hall–Kier alpha value is -0.120. The van der Waals surface area contributed by atoms with Gasteiger partial charge in [-0.25, -0.2) is 0 Å². The highest BCUT2D eigenvalue weighted by molar-refractivity contribution is 4.91. The smallest absolute Gasteiger partial charge is 0.0695 e. The first-order valence-electron chi connectivity index (χ1n) is 7.44. The predicted octanol–water partition coefficient (Wildman–Crippen LogP) is 1.81. The Balaban J connectivity index is 1.88. The van der Waals surface area contributed by atoms with E-state index in [-0.39, 0.29) is 6.10 Å². The standard InChI is InChI=1S/C15H30N2O/c1-15(2)7-5-14(18)13(9-15)17(4)11-12-6-8-16(3)10-12/h12-14,18H,5-11H2,1-4H3. The van der Waals surface area contributed by atoms with Crippen LogP contribution in [-0.2, 0) is 0 Å². The Morgan fingerprint density at radius 2 is 2.06 bits per heavy atom. The van der Waals surface area contributed by atoms with Crippen molar-refractivity contribution in [2.75, 3.05) is 33.7 Å². The third kappa shape index (κ3) is 3.46. The van der Waals surface area contributed by atoms with Gasteiger partial charge in [-0.3, -0.25) is 0 Å². The lowest BCUT2D eigenvalue weighted by molar-refractivity contribution is -0.0116. The summed E-state index contributed by atoms with van der Waals surface area (Å²) in [5.74, 6) is 0.789. The Kier molecular flexibility index (Phi) is 4.35. The minimum absolute atomic E-state index is 0.123. The van der Waals surface area contributed by atoms with Gasteiger partial charge in [0.15, 0.2) is 0 Å². The van der Waals surface area contributed by atoms with E-state index >= 15 is 0 Å². The summed E-state index contributed by atoms with van der Waals surface area (Å²) in [7, 11) is 4.41. The molecule has 1 N–H and O–H groups in total. The third-order valence-electron chi connectivity index (χ3n) is 4.92. The van der Waals surface area contributed by atoms with Gasteiger partial charge in [-0.2, -0.15) is 0 Å². The fourth-order valence-electron chi connectivity index (χ4n) is 3.70. The van der Waals surface area contributed by atoms with Crippen molar-refractivity contribution in [2.24, 2.45) is 11.3 Å². The molecule has 18 heavy (non-hydrogen) atoms. The summed E-state index contributed by atoms with van der Waals surface area (Å²) >= 11 is 0. The van der Waals surface area contributed by atoms with Crippen molar-refractivity contribution in [2.45, 2.75) is 51.7 Å². The molecule has 3 nitrogen and oxygen atoms in total. The molecule has 0 radical (unpaired) electrons. The quantitative estimate of drug-likeness (QED) is 0.832. The molecule has 1 heterocycles. The van der Waals surface area contributed by atoms with Gasteiger partial charge in [0.25, 0.3) is 0 Å². The molecule has 106 valence electrons. The van der Waals surface area contributed by atoms with Gasteiger partial charge in [-0.15, -0.1) is 0 Å². The largest absolute Gasteiger partial charge is 0.391 e. The number of hydrogen-bond donors (Lipinski definition) is 1. The average molecular weight is 254 g/mol. The molecule has 3 atom stereocenters. The van der Waals surface area contributed by atoms with Gasteiger partial charge in [-0.1, -0.05) is 13.8 Å². The second kappa shape index (κ2) is 5.48. The van der Waals surface area contributed by atoms with E-state index in [1.807, 2.05) is 0 Å². The molecular weight excluding hydrogens is 224 g/mol. The van der Waals surface area contributed by atoms with Gasteiger partial charge in [0.2, 0.25) is 0 Å². The van der Waals surface area contributed by atoms with Crippen molar-refractivity contribution >= 4 is 0 Å². The van der Waals surface area contributed by atoms with E-state index < -0.39 is 0 Å². The number of likely N-dealkylation sites (N-methyl/N-ethyl adjacent to an activating group) is 1. The molecule has 1 saturated heterocycles. The first-order chi connectivity index (χ1) is 8.37. The molecule has 2 rings (SSSR count). The summed E-state index contributed by atoms with van der Waals surface area (Å²) in [6.45, 7) is 8.27. The maximum atomic E-state index is 10.2. The molecule has 1 aliphatic carbocycles. The molecule has 0 bridgehead atoms. The van der Waals surface area contributed by atoms with E-state index in [1.165, 1.54) is 19.5 Å². The molecule has 0 amide bonds. The van der Waals surface area contributed by atoms with Crippen LogP contribution in [-0.4, -0.2) is 60.8 Å². The number of aliphatic hydroxyl groups excluding tert-OH is 1. The van der Waals surface area contributed by atoms with E-state index in [9.17, 15) is 5.11 Å². The number of likely N-dealkylation sites (tertiary alicyclic amines) is 1. The minimum Gasteiger partial charge on any atom is -0.391 e. The van der Waals surface area contributed by atoms with Gasteiger partial charge in [0.1, 0.15) is 0 Å². The maximum absolute atomic E-state index is 10.2. The van der Waals surface area contributed by atoms with Crippen LogP contribution in [0.25, 0.3) is 0 Å². The molecule has 2 fully saturated rings. The lowest BCUT2D eigenvalue weighted by Gasteiger charge is -2.43. The summed E-state index contributed by atoms with van der Waals surface area (Å²) in [6, 6.07) is 0.361. The summed E-state index contributed by atoms with van der Waals surface area (Å²) in [4.78, 5) is 4.84. The maximum Gasteiger partial charge on any atom is 0.0695 e. The number of nitrogens with zero attached hydrogens (tertiary/aromatic N) is 2. The summed E-state index contributed by atoms with van der Waals surface area (Å²) in [5, 5.41) is 10.2. The van der Waals surface area contributed by atoms with Crippen LogP contribution < -0.4 is 0 Å². The first-order valence-corrected chi connectivity index (χ1v) is 7.44. The lowest BCUT2D eigenvalue weighted by Crippen LogP contribution is -2.49. The highest BCUT2D eigenvalue weighted by atomic mass is 16.3. The summed E-state index contributed by atoms with van der Waals surface area (Å²) in [6.07, 6.45) is 4.44. The van der Waals surface area contributed by atoms with Crippen molar-refractivity contribution in [3.05, 3.63) is 0 Å². The van der Waals surface area contributed by atoms with Crippen LogP contribution in [0.3, 0.4) is 0 Å². The van der Waals surface area contributed by atoms with Crippen molar-refractivity contribution in [1.29, 1.82) is 0 Å².